The number of hydrogen-bond donors (Lipinski definition) is 4. The van der Waals surface area contributed by atoms with Crippen molar-refractivity contribution in [3.63, 3.8) is 0 Å². The molecule has 0 radical (unpaired) electrons. The van der Waals surface area contributed by atoms with Crippen LogP contribution in [0.4, 0.5) is 4.79 Å². The largest absolute Gasteiger partial charge is 0.445 e. The number of rotatable bonds is 7. The van der Waals surface area contributed by atoms with E-state index in [4.69, 9.17) is 9.84 Å². The van der Waals surface area contributed by atoms with Crippen LogP contribution in [0.3, 0.4) is 0 Å². The minimum Gasteiger partial charge on any atom is -0.445 e. The molecule has 2 amide bonds. The molecular weight excluding hydrogens is 288 g/mol. The maximum Gasteiger partial charge on any atom is 0.408 e. The van der Waals surface area contributed by atoms with E-state index in [0.29, 0.717) is 0 Å². The first-order valence-electron chi connectivity index (χ1n) is 7.01. The lowest BCUT2D eigenvalue weighted by molar-refractivity contribution is -0.125. The summed E-state index contributed by atoms with van der Waals surface area (Å²) >= 11 is 0. The van der Waals surface area contributed by atoms with Gasteiger partial charge in [0.25, 0.3) is 0 Å². The van der Waals surface area contributed by atoms with Crippen molar-refractivity contribution in [3.8, 4) is 0 Å². The SMILES string of the molecule is C[C@H](O)CNC(=O)[C@@H](NC(=O)OCc1ccccc1)[C@@H](C)O. The molecule has 0 aliphatic heterocycles. The van der Waals surface area contributed by atoms with Crippen LogP contribution in [0.25, 0.3) is 0 Å². The van der Waals surface area contributed by atoms with Crippen molar-refractivity contribution in [2.45, 2.75) is 38.7 Å². The monoisotopic (exact) mass is 310 g/mol. The molecule has 0 aliphatic carbocycles. The predicted octanol–water partition coefficient (Wildman–Crippen LogP) is 0.159. The average molecular weight is 310 g/mol. The molecule has 0 aliphatic rings. The summed E-state index contributed by atoms with van der Waals surface area (Å²) in [4.78, 5) is 23.5. The van der Waals surface area contributed by atoms with Crippen LogP contribution >= 0.6 is 0 Å². The van der Waals surface area contributed by atoms with Gasteiger partial charge in [0.05, 0.1) is 12.2 Å². The van der Waals surface area contributed by atoms with E-state index in [9.17, 15) is 14.7 Å². The summed E-state index contributed by atoms with van der Waals surface area (Å²) in [5, 5.41) is 23.4. The lowest BCUT2D eigenvalue weighted by Gasteiger charge is -2.21. The zero-order chi connectivity index (χ0) is 16.5. The summed E-state index contributed by atoms with van der Waals surface area (Å²) in [5.74, 6) is -0.590. The van der Waals surface area contributed by atoms with Gasteiger partial charge in [-0.25, -0.2) is 4.79 Å². The molecule has 0 saturated heterocycles. The summed E-state index contributed by atoms with van der Waals surface area (Å²) in [6.07, 6.45) is -2.62. The number of alkyl carbamates (subject to hydrolysis) is 1. The Balaban J connectivity index is 2.48. The number of carbonyl (C=O) groups is 2. The van der Waals surface area contributed by atoms with Crippen molar-refractivity contribution in [1.82, 2.24) is 10.6 Å². The smallest absolute Gasteiger partial charge is 0.408 e. The van der Waals surface area contributed by atoms with Crippen LogP contribution in [-0.4, -0.2) is 47.0 Å². The van der Waals surface area contributed by atoms with Gasteiger partial charge in [0, 0.05) is 6.54 Å². The molecule has 0 heterocycles. The quantitative estimate of drug-likeness (QED) is 0.574. The number of ether oxygens (including phenoxy) is 1. The zero-order valence-corrected chi connectivity index (χ0v) is 12.7. The Bertz CT molecular complexity index is 476. The molecule has 0 spiro atoms. The third-order valence-corrected chi connectivity index (χ3v) is 2.82. The Morgan fingerprint density at radius 3 is 2.36 bits per heavy atom. The second-order valence-corrected chi connectivity index (χ2v) is 5.02. The van der Waals surface area contributed by atoms with Gasteiger partial charge in [0.2, 0.25) is 5.91 Å². The van der Waals surface area contributed by atoms with E-state index in [1.54, 1.807) is 12.1 Å². The van der Waals surface area contributed by atoms with E-state index < -0.39 is 30.3 Å². The Kier molecular flexibility index (Phi) is 7.34. The maximum atomic E-state index is 11.8. The topological polar surface area (TPSA) is 108 Å². The van der Waals surface area contributed by atoms with Gasteiger partial charge in [0.1, 0.15) is 12.6 Å². The molecular formula is C15H22N2O5. The molecule has 0 bridgehead atoms. The fourth-order valence-electron chi connectivity index (χ4n) is 1.66. The number of carbonyl (C=O) groups excluding carboxylic acids is 2. The lowest BCUT2D eigenvalue weighted by atomic mass is 10.1. The van der Waals surface area contributed by atoms with Crippen molar-refractivity contribution in [1.29, 1.82) is 0 Å². The highest BCUT2D eigenvalue weighted by Crippen LogP contribution is 2.01. The first-order chi connectivity index (χ1) is 10.4. The van der Waals surface area contributed by atoms with Gasteiger partial charge in [-0.2, -0.15) is 0 Å². The van der Waals surface area contributed by atoms with E-state index in [1.165, 1.54) is 13.8 Å². The predicted molar refractivity (Wildman–Crippen MR) is 79.9 cm³/mol. The van der Waals surface area contributed by atoms with Crippen LogP contribution < -0.4 is 10.6 Å². The van der Waals surface area contributed by atoms with Gasteiger partial charge >= 0.3 is 6.09 Å². The van der Waals surface area contributed by atoms with Crippen LogP contribution in [0.5, 0.6) is 0 Å². The summed E-state index contributed by atoms with van der Waals surface area (Å²) in [5.41, 5.74) is 0.810. The molecule has 1 rings (SSSR count). The molecule has 122 valence electrons. The molecule has 7 nitrogen and oxygen atoms in total. The van der Waals surface area contributed by atoms with Crippen molar-refractivity contribution in [2.75, 3.05) is 6.54 Å². The highest BCUT2D eigenvalue weighted by molar-refractivity contribution is 5.86. The summed E-state index contributed by atoms with van der Waals surface area (Å²) < 4.78 is 4.99. The molecule has 0 saturated carbocycles. The normalized spacial score (nSPS) is 14.5. The fourth-order valence-corrected chi connectivity index (χ4v) is 1.66. The minimum absolute atomic E-state index is 0.0306. The van der Waals surface area contributed by atoms with Gasteiger partial charge in [-0.1, -0.05) is 30.3 Å². The van der Waals surface area contributed by atoms with E-state index in [1.807, 2.05) is 18.2 Å². The van der Waals surface area contributed by atoms with Crippen molar-refractivity contribution in [2.24, 2.45) is 0 Å². The molecule has 22 heavy (non-hydrogen) atoms. The zero-order valence-electron chi connectivity index (χ0n) is 12.7. The minimum atomic E-state index is -1.15. The number of amides is 2. The van der Waals surface area contributed by atoms with Crippen LogP contribution in [0.15, 0.2) is 30.3 Å². The Labute approximate surface area is 129 Å². The molecule has 1 aromatic carbocycles. The van der Waals surface area contributed by atoms with Crippen LogP contribution in [0.1, 0.15) is 19.4 Å². The van der Waals surface area contributed by atoms with E-state index in [-0.39, 0.29) is 13.2 Å². The van der Waals surface area contributed by atoms with Crippen LogP contribution in [0.2, 0.25) is 0 Å². The summed E-state index contributed by atoms with van der Waals surface area (Å²) in [7, 11) is 0. The average Bonchev–Trinajstić information content (AvgIpc) is 2.49. The van der Waals surface area contributed by atoms with E-state index in [2.05, 4.69) is 10.6 Å². The van der Waals surface area contributed by atoms with Crippen LogP contribution in [-0.2, 0) is 16.1 Å². The van der Waals surface area contributed by atoms with E-state index in [0.717, 1.165) is 5.56 Å². The number of nitrogens with one attached hydrogen (secondary N) is 2. The molecule has 1 aromatic rings. The summed E-state index contributed by atoms with van der Waals surface area (Å²) in [6, 6.07) is 7.93. The molecule has 4 N–H and O–H groups in total. The highest BCUT2D eigenvalue weighted by atomic mass is 16.5. The number of aliphatic hydroxyl groups excluding tert-OH is 2. The first kappa shape index (κ1) is 17.9. The standard InChI is InChI=1S/C15H22N2O5/c1-10(18)8-16-14(20)13(11(2)19)17-15(21)22-9-12-6-4-3-5-7-12/h3-7,10-11,13,18-19H,8-9H2,1-2H3,(H,16,20)(H,17,21)/t10-,11+,13-/m0/s1. The van der Waals surface area contributed by atoms with E-state index >= 15 is 0 Å². The fraction of sp³-hybridized carbons (Fsp3) is 0.467. The van der Waals surface area contributed by atoms with Gasteiger partial charge in [-0.3, -0.25) is 4.79 Å². The van der Waals surface area contributed by atoms with Crippen LogP contribution in [0, 0.1) is 0 Å². The molecule has 7 heteroatoms. The maximum absolute atomic E-state index is 11.8. The lowest BCUT2D eigenvalue weighted by Crippen LogP contribution is -2.53. The van der Waals surface area contributed by atoms with Crippen molar-refractivity contribution in [3.05, 3.63) is 35.9 Å². The number of aliphatic hydroxyl groups is 2. The first-order valence-corrected chi connectivity index (χ1v) is 7.01. The van der Waals surface area contributed by atoms with Crippen molar-refractivity contribution < 1.29 is 24.5 Å². The Morgan fingerprint density at radius 2 is 1.82 bits per heavy atom. The summed E-state index contributed by atoms with van der Waals surface area (Å²) in [6.45, 7) is 2.99. The second kappa shape index (κ2) is 9.01. The van der Waals surface area contributed by atoms with Gasteiger partial charge < -0.3 is 25.6 Å². The third kappa shape index (κ3) is 6.55. The Morgan fingerprint density at radius 1 is 1.18 bits per heavy atom. The van der Waals surface area contributed by atoms with Gasteiger partial charge in [-0.05, 0) is 19.4 Å². The van der Waals surface area contributed by atoms with Gasteiger partial charge in [-0.15, -0.1) is 0 Å². The molecule has 3 atom stereocenters. The molecule has 0 aromatic heterocycles. The number of hydrogen-bond acceptors (Lipinski definition) is 5. The second-order valence-electron chi connectivity index (χ2n) is 5.02. The van der Waals surface area contributed by atoms with Gasteiger partial charge in [0.15, 0.2) is 0 Å². The van der Waals surface area contributed by atoms with Crippen molar-refractivity contribution >= 4 is 12.0 Å². The molecule has 0 unspecified atom stereocenters. The Hall–Kier alpha value is -2.12. The third-order valence-electron chi connectivity index (χ3n) is 2.82. The molecule has 0 fully saturated rings. The highest BCUT2D eigenvalue weighted by Gasteiger charge is 2.26. The number of benzene rings is 1.